The van der Waals surface area contributed by atoms with Gasteiger partial charge in [0.2, 0.25) is 5.91 Å². The first-order chi connectivity index (χ1) is 16.4. The number of aromatic nitrogens is 2. The van der Waals surface area contributed by atoms with Gasteiger partial charge in [-0.25, -0.2) is 4.98 Å². The smallest absolute Gasteiger partial charge is 0.274 e. The maximum atomic E-state index is 12.7. The lowest BCUT2D eigenvalue weighted by atomic mass is 10.2. The summed E-state index contributed by atoms with van der Waals surface area (Å²) in [6.07, 6.45) is 3.04. The highest BCUT2D eigenvalue weighted by Crippen LogP contribution is 2.26. The molecule has 0 saturated carbocycles. The van der Waals surface area contributed by atoms with Crippen molar-refractivity contribution in [2.45, 2.75) is 6.92 Å². The molecule has 1 aromatic carbocycles. The van der Waals surface area contributed by atoms with Crippen molar-refractivity contribution < 1.29 is 14.4 Å². The molecule has 3 aromatic rings. The highest BCUT2D eigenvalue weighted by molar-refractivity contribution is 6.34. The minimum absolute atomic E-state index is 0.0706. The van der Waals surface area contributed by atoms with E-state index in [4.69, 9.17) is 11.6 Å². The molecule has 34 heavy (non-hydrogen) atoms. The van der Waals surface area contributed by atoms with Crippen LogP contribution in [0.25, 0.3) is 0 Å². The lowest BCUT2D eigenvalue weighted by Gasteiger charge is -2.34. The minimum atomic E-state index is -0.407. The molecule has 4 rings (SSSR count). The first-order valence-electron chi connectivity index (χ1n) is 10.7. The molecule has 0 aliphatic carbocycles. The topological polar surface area (TPSA) is 108 Å². The molecule has 1 saturated heterocycles. The molecule has 10 heteroatoms. The summed E-state index contributed by atoms with van der Waals surface area (Å²) in [6.45, 7) is 4.25. The molecule has 3 amide bonds. The van der Waals surface area contributed by atoms with Crippen molar-refractivity contribution in [2.24, 2.45) is 0 Å². The van der Waals surface area contributed by atoms with E-state index in [9.17, 15) is 14.4 Å². The predicted octanol–water partition coefficient (Wildman–Crippen LogP) is 3.30. The summed E-state index contributed by atoms with van der Waals surface area (Å²) in [6, 6.07) is 13.3. The summed E-state index contributed by atoms with van der Waals surface area (Å²) in [4.78, 5) is 48.9. The number of carbonyl (C=O) groups excluding carboxylic acids is 3. The lowest BCUT2D eigenvalue weighted by Crippen LogP contribution is -2.48. The second-order valence-electron chi connectivity index (χ2n) is 7.72. The predicted molar refractivity (Wildman–Crippen MR) is 130 cm³/mol. The SMILES string of the molecule is CC(=O)N1CCN(c2ccc(C(=O)Nc3ccc(Cl)c(NC(=O)c4ccccn4)c3)cn2)CC1. The minimum Gasteiger partial charge on any atom is -0.353 e. The summed E-state index contributed by atoms with van der Waals surface area (Å²) < 4.78 is 0. The van der Waals surface area contributed by atoms with Crippen LogP contribution in [0.4, 0.5) is 17.2 Å². The number of carbonyl (C=O) groups is 3. The van der Waals surface area contributed by atoms with Crippen molar-refractivity contribution in [3.63, 3.8) is 0 Å². The summed E-state index contributed by atoms with van der Waals surface area (Å²) in [7, 11) is 0. The standard InChI is InChI=1S/C24H23ClN6O3/c1-16(32)30-10-12-31(13-11-30)22-8-5-17(15-27-22)23(33)28-18-6-7-19(25)21(14-18)29-24(34)20-4-2-3-9-26-20/h2-9,14-15H,10-13H2,1H3,(H,28,33)(H,29,34). The Labute approximate surface area is 201 Å². The molecule has 0 bridgehead atoms. The van der Waals surface area contributed by atoms with E-state index in [0.29, 0.717) is 48.1 Å². The number of nitrogens with one attached hydrogen (secondary N) is 2. The first kappa shape index (κ1) is 23.2. The Morgan fingerprint density at radius 3 is 2.35 bits per heavy atom. The number of piperazine rings is 1. The van der Waals surface area contributed by atoms with E-state index >= 15 is 0 Å². The summed E-state index contributed by atoms with van der Waals surface area (Å²) >= 11 is 6.21. The monoisotopic (exact) mass is 478 g/mol. The zero-order chi connectivity index (χ0) is 24.1. The Hall–Kier alpha value is -3.98. The number of halogens is 1. The maximum absolute atomic E-state index is 12.7. The van der Waals surface area contributed by atoms with Crippen LogP contribution in [0.2, 0.25) is 5.02 Å². The van der Waals surface area contributed by atoms with E-state index < -0.39 is 5.91 Å². The fourth-order valence-electron chi connectivity index (χ4n) is 3.54. The van der Waals surface area contributed by atoms with Gasteiger partial charge in [0.05, 0.1) is 16.3 Å². The molecule has 174 valence electrons. The number of anilines is 3. The number of pyridine rings is 2. The van der Waals surface area contributed by atoms with Crippen LogP contribution in [-0.4, -0.2) is 58.8 Å². The molecule has 1 aliphatic rings. The first-order valence-corrected chi connectivity index (χ1v) is 11.1. The summed E-state index contributed by atoms with van der Waals surface area (Å²) in [5, 5.41) is 5.83. The molecular formula is C24H23ClN6O3. The highest BCUT2D eigenvalue weighted by atomic mass is 35.5. The van der Waals surface area contributed by atoms with Crippen LogP contribution in [0.15, 0.2) is 60.9 Å². The highest BCUT2D eigenvalue weighted by Gasteiger charge is 2.20. The van der Waals surface area contributed by atoms with Crippen molar-refractivity contribution in [3.05, 3.63) is 77.2 Å². The van der Waals surface area contributed by atoms with Gasteiger partial charge in [0.15, 0.2) is 0 Å². The van der Waals surface area contributed by atoms with Crippen molar-refractivity contribution in [2.75, 3.05) is 41.7 Å². The third kappa shape index (κ3) is 5.49. The summed E-state index contributed by atoms with van der Waals surface area (Å²) in [5.74, 6) is 0.0757. The summed E-state index contributed by atoms with van der Waals surface area (Å²) in [5.41, 5.74) is 1.46. The molecule has 2 aromatic heterocycles. The van der Waals surface area contributed by atoms with Gasteiger partial charge in [-0.15, -0.1) is 0 Å². The fourth-order valence-corrected chi connectivity index (χ4v) is 3.71. The second-order valence-corrected chi connectivity index (χ2v) is 8.12. The van der Waals surface area contributed by atoms with Gasteiger partial charge in [-0.1, -0.05) is 17.7 Å². The van der Waals surface area contributed by atoms with Gasteiger partial charge >= 0.3 is 0 Å². The van der Waals surface area contributed by atoms with Crippen molar-refractivity contribution in [1.82, 2.24) is 14.9 Å². The fraction of sp³-hybridized carbons (Fsp3) is 0.208. The van der Waals surface area contributed by atoms with E-state index in [1.807, 2.05) is 0 Å². The molecule has 1 aliphatic heterocycles. The van der Waals surface area contributed by atoms with Crippen molar-refractivity contribution >= 4 is 46.5 Å². The van der Waals surface area contributed by atoms with Gasteiger partial charge < -0.3 is 20.4 Å². The number of hydrogen-bond acceptors (Lipinski definition) is 6. The van der Waals surface area contributed by atoms with Crippen LogP contribution in [0.5, 0.6) is 0 Å². The maximum Gasteiger partial charge on any atom is 0.274 e. The Morgan fingerprint density at radius 2 is 1.71 bits per heavy atom. The van der Waals surface area contributed by atoms with Crippen LogP contribution in [0, 0.1) is 0 Å². The van der Waals surface area contributed by atoms with Crippen molar-refractivity contribution in [1.29, 1.82) is 0 Å². The molecule has 1 fully saturated rings. The van der Waals surface area contributed by atoms with Gasteiger partial charge in [0.25, 0.3) is 11.8 Å². The second kappa shape index (κ2) is 10.3. The molecular weight excluding hydrogens is 456 g/mol. The number of hydrogen-bond donors (Lipinski definition) is 2. The van der Waals surface area contributed by atoms with E-state index in [1.54, 1.807) is 60.4 Å². The molecule has 2 N–H and O–H groups in total. The van der Waals surface area contributed by atoms with E-state index in [2.05, 4.69) is 25.5 Å². The molecule has 0 atom stereocenters. The molecule has 9 nitrogen and oxygen atoms in total. The average Bonchev–Trinajstić information content (AvgIpc) is 2.86. The Balaban J connectivity index is 1.39. The zero-order valence-corrected chi connectivity index (χ0v) is 19.2. The quantitative estimate of drug-likeness (QED) is 0.582. The van der Waals surface area contributed by atoms with Crippen LogP contribution < -0.4 is 15.5 Å². The van der Waals surface area contributed by atoms with Crippen LogP contribution in [-0.2, 0) is 4.79 Å². The largest absolute Gasteiger partial charge is 0.353 e. The molecule has 0 spiro atoms. The van der Waals surface area contributed by atoms with Gasteiger partial charge in [-0.05, 0) is 42.5 Å². The van der Waals surface area contributed by atoms with Crippen LogP contribution >= 0.6 is 11.6 Å². The zero-order valence-electron chi connectivity index (χ0n) is 18.5. The third-order valence-electron chi connectivity index (χ3n) is 5.43. The molecule has 0 radical (unpaired) electrons. The molecule has 0 unspecified atom stereocenters. The van der Waals surface area contributed by atoms with Gasteiger partial charge in [0, 0.05) is 51.2 Å². The average molecular weight is 479 g/mol. The Bertz CT molecular complexity index is 1200. The lowest BCUT2D eigenvalue weighted by molar-refractivity contribution is -0.129. The van der Waals surface area contributed by atoms with E-state index in [1.165, 1.54) is 12.4 Å². The van der Waals surface area contributed by atoms with Gasteiger partial charge in [-0.3, -0.25) is 19.4 Å². The number of amides is 3. The van der Waals surface area contributed by atoms with Crippen LogP contribution in [0.1, 0.15) is 27.8 Å². The normalized spacial score (nSPS) is 13.4. The van der Waals surface area contributed by atoms with Gasteiger partial charge in [-0.2, -0.15) is 0 Å². The van der Waals surface area contributed by atoms with E-state index in [0.717, 1.165) is 5.82 Å². The number of benzene rings is 1. The number of rotatable bonds is 5. The van der Waals surface area contributed by atoms with Gasteiger partial charge in [0.1, 0.15) is 11.5 Å². The van der Waals surface area contributed by atoms with Crippen molar-refractivity contribution in [3.8, 4) is 0 Å². The van der Waals surface area contributed by atoms with E-state index in [-0.39, 0.29) is 17.5 Å². The number of nitrogens with zero attached hydrogens (tertiary/aromatic N) is 4. The Kier molecular flexibility index (Phi) is 7.03. The third-order valence-corrected chi connectivity index (χ3v) is 5.76. The van der Waals surface area contributed by atoms with Crippen LogP contribution in [0.3, 0.4) is 0 Å². The Morgan fingerprint density at radius 1 is 0.912 bits per heavy atom. The molecule has 3 heterocycles.